The van der Waals surface area contributed by atoms with Crippen LogP contribution in [0, 0.1) is 5.41 Å². The van der Waals surface area contributed by atoms with E-state index in [1.807, 2.05) is 18.2 Å². The monoisotopic (exact) mass is 523 g/mol. The molecule has 2 heterocycles. The molecule has 1 aliphatic heterocycles. The summed E-state index contributed by atoms with van der Waals surface area (Å²) in [6.07, 6.45) is 4.48. The number of fused-ring (bicyclic) bond motifs is 2. The smallest absolute Gasteiger partial charge is 0.332 e. The van der Waals surface area contributed by atoms with Gasteiger partial charge in [0.15, 0.2) is 12.6 Å². The van der Waals surface area contributed by atoms with Crippen molar-refractivity contribution < 1.29 is 17.9 Å². The van der Waals surface area contributed by atoms with Crippen molar-refractivity contribution in [1.29, 1.82) is 0 Å². The fourth-order valence-electron chi connectivity index (χ4n) is 4.37. The van der Waals surface area contributed by atoms with Gasteiger partial charge in [-0.25, -0.2) is 9.80 Å². The Morgan fingerprint density at radius 2 is 1.92 bits per heavy atom. The van der Waals surface area contributed by atoms with Gasteiger partial charge in [0.2, 0.25) is 0 Å². The van der Waals surface area contributed by atoms with Crippen LogP contribution >= 0.6 is 0 Å². The molecule has 0 radical (unpaired) electrons. The van der Waals surface area contributed by atoms with Crippen LogP contribution in [-0.4, -0.2) is 47.6 Å². The highest BCUT2D eigenvalue weighted by Gasteiger charge is 2.31. The molecule has 3 aromatic rings. The minimum Gasteiger partial charge on any atom is -0.443 e. The predicted molar refractivity (Wildman–Crippen MR) is 140 cm³/mol. The second-order valence-corrected chi connectivity index (χ2v) is 12.0. The number of rotatable bonds is 5. The van der Waals surface area contributed by atoms with Crippen molar-refractivity contribution in [2.45, 2.75) is 57.7 Å². The van der Waals surface area contributed by atoms with Crippen molar-refractivity contribution in [2.75, 3.05) is 7.05 Å². The molecule has 0 amide bonds. The molecule has 1 fully saturated rings. The molecule has 1 aromatic heterocycles. The van der Waals surface area contributed by atoms with Crippen LogP contribution in [0.2, 0.25) is 0 Å². The number of hydrogen-bond acceptors (Lipinski definition) is 7. The van der Waals surface area contributed by atoms with E-state index in [-0.39, 0.29) is 35.2 Å². The SMILES string of the molecule is CN(/N=C/c1ccc2c(c1)n(C1CCC1)c(=O)n2COC(=O)C(C)(C)C)C1=NS(=O)(=O)c2ccccc21. The molecular weight excluding hydrogens is 494 g/mol. The summed E-state index contributed by atoms with van der Waals surface area (Å²) in [5.74, 6) is -0.139. The Kier molecular flexibility index (Phi) is 6.06. The molecule has 1 aliphatic carbocycles. The van der Waals surface area contributed by atoms with Gasteiger partial charge in [0.1, 0.15) is 4.90 Å². The van der Waals surface area contributed by atoms with Crippen LogP contribution in [-0.2, 0) is 26.3 Å². The van der Waals surface area contributed by atoms with Crippen LogP contribution in [0.3, 0.4) is 0 Å². The molecule has 0 unspecified atom stereocenters. The number of aromatic nitrogens is 2. The van der Waals surface area contributed by atoms with Gasteiger partial charge >= 0.3 is 11.7 Å². The highest BCUT2D eigenvalue weighted by atomic mass is 32.2. The van der Waals surface area contributed by atoms with Crippen molar-refractivity contribution in [3.05, 3.63) is 64.1 Å². The Morgan fingerprint density at radius 3 is 2.59 bits per heavy atom. The minimum absolute atomic E-state index is 0.0963. The predicted octanol–water partition coefficient (Wildman–Crippen LogP) is 3.49. The molecule has 0 spiro atoms. The van der Waals surface area contributed by atoms with E-state index in [2.05, 4.69) is 9.50 Å². The van der Waals surface area contributed by atoms with Gasteiger partial charge in [-0.3, -0.25) is 13.9 Å². The number of carbonyl (C=O) groups is 1. The zero-order valence-electron chi connectivity index (χ0n) is 21.2. The molecule has 37 heavy (non-hydrogen) atoms. The van der Waals surface area contributed by atoms with Gasteiger partial charge in [-0.1, -0.05) is 18.2 Å². The maximum atomic E-state index is 13.3. The molecule has 11 heteroatoms. The maximum absolute atomic E-state index is 13.3. The summed E-state index contributed by atoms with van der Waals surface area (Å²) in [6, 6.07) is 12.2. The molecule has 10 nitrogen and oxygen atoms in total. The molecule has 2 aliphatic rings. The van der Waals surface area contributed by atoms with E-state index in [4.69, 9.17) is 4.74 Å². The fourth-order valence-corrected chi connectivity index (χ4v) is 5.60. The summed E-state index contributed by atoms with van der Waals surface area (Å²) in [7, 11) is -2.12. The molecule has 0 saturated heterocycles. The molecule has 0 bridgehead atoms. The van der Waals surface area contributed by atoms with Crippen molar-refractivity contribution in [1.82, 2.24) is 14.1 Å². The van der Waals surface area contributed by atoms with Crippen molar-refractivity contribution in [2.24, 2.45) is 14.9 Å². The van der Waals surface area contributed by atoms with E-state index in [0.29, 0.717) is 11.1 Å². The second-order valence-electron chi connectivity index (χ2n) is 10.4. The van der Waals surface area contributed by atoms with Gasteiger partial charge in [-0.2, -0.15) is 13.5 Å². The van der Waals surface area contributed by atoms with Gasteiger partial charge in [-0.15, -0.1) is 4.40 Å². The van der Waals surface area contributed by atoms with Crippen LogP contribution in [0.1, 0.15) is 57.2 Å². The van der Waals surface area contributed by atoms with Gasteiger partial charge in [0, 0.05) is 18.7 Å². The zero-order valence-corrected chi connectivity index (χ0v) is 22.0. The Morgan fingerprint density at radius 1 is 1.19 bits per heavy atom. The van der Waals surface area contributed by atoms with E-state index < -0.39 is 15.4 Å². The number of carbonyl (C=O) groups excluding carboxylic acids is 1. The molecule has 1 saturated carbocycles. The standard InChI is InChI=1S/C26H29N5O5S/c1-26(2,3)24(32)36-16-30-20-13-12-17(14-21(20)31(25(30)33)18-8-7-9-18)15-27-29(4)23-19-10-5-6-11-22(19)37(34,35)28-23/h5-6,10-15,18H,7-9,16H2,1-4H3/b27-15+. The minimum atomic E-state index is -3.75. The third kappa shape index (κ3) is 4.48. The van der Waals surface area contributed by atoms with Gasteiger partial charge < -0.3 is 4.74 Å². The Bertz CT molecular complexity index is 1620. The van der Waals surface area contributed by atoms with E-state index in [0.717, 1.165) is 30.3 Å². The van der Waals surface area contributed by atoms with E-state index in [1.165, 1.54) is 15.6 Å². The lowest BCUT2D eigenvalue weighted by atomic mass is 9.93. The van der Waals surface area contributed by atoms with Crippen LogP contribution in [0.25, 0.3) is 11.0 Å². The number of hydrogen-bond donors (Lipinski definition) is 0. The van der Waals surface area contributed by atoms with Crippen LogP contribution in [0.5, 0.6) is 0 Å². The number of esters is 1. The van der Waals surface area contributed by atoms with E-state index >= 15 is 0 Å². The number of imidazole rings is 1. The average Bonchev–Trinajstić information content (AvgIpc) is 3.24. The zero-order chi connectivity index (χ0) is 26.5. The van der Waals surface area contributed by atoms with Crippen molar-refractivity contribution in [3.63, 3.8) is 0 Å². The Labute approximate surface area is 214 Å². The summed E-state index contributed by atoms with van der Waals surface area (Å²) in [6.45, 7) is 5.14. The molecule has 5 rings (SSSR count). The largest absolute Gasteiger partial charge is 0.443 e. The number of amidine groups is 1. The molecule has 194 valence electrons. The lowest BCUT2D eigenvalue weighted by molar-refractivity contribution is -0.156. The Balaban J connectivity index is 1.47. The van der Waals surface area contributed by atoms with Crippen molar-refractivity contribution in [3.8, 4) is 0 Å². The first-order chi connectivity index (χ1) is 17.5. The number of nitrogens with zero attached hydrogens (tertiary/aromatic N) is 5. The number of benzene rings is 2. The maximum Gasteiger partial charge on any atom is 0.332 e. The third-order valence-electron chi connectivity index (χ3n) is 6.66. The number of ether oxygens (including phenoxy) is 1. The summed E-state index contributed by atoms with van der Waals surface area (Å²) >= 11 is 0. The highest BCUT2D eigenvalue weighted by molar-refractivity contribution is 7.90. The van der Waals surface area contributed by atoms with Gasteiger partial charge in [-0.05, 0) is 69.9 Å². The average molecular weight is 524 g/mol. The van der Waals surface area contributed by atoms with Crippen molar-refractivity contribution >= 4 is 39.1 Å². The fraction of sp³-hybridized carbons (Fsp3) is 0.385. The quantitative estimate of drug-likeness (QED) is 0.287. The summed E-state index contributed by atoms with van der Waals surface area (Å²) < 4.78 is 37.3. The Hall–Kier alpha value is -3.73. The topological polar surface area (TPSA) is 115 Å². The molecule has 0 N–H and O–H groups in total. The second kappa shape index (κ2) is 8.98. The molecule has 2 aromatic carbocycles. The van der Waals surface area contributed by atoms with Crippen LogP contribution in [0.15, 0.2) is 61.7 Å². The first-order valence-corrected chi connectivity index (χ1v) is 13.6. The normalized spacial score (nSPS) is 17.0. The molecular formula is C26H29N5O5S. The number of hydrazone groups is 1. The number of sulfonamides is 1. The first-order valence-electron chi connectivity index (χ1n) is 12.1. The lowest BCUT2D eigenvalue weighted by Gasteiger charge is -2.26. The van der Waals surface area contributed by atoms with E-state index in [1.54, 1.807) is 56.8 Å². The van der Waals surface area contributed by atoms with Crippen LogP contribution in [0.4, 0.5) is 0 Å². The molecule has 0 atom stereocenters. The van der Waals surface area contributed by atoms with Gasteiger partial charge in [0.05, 0.1) is 22.7 Å². The summed E-state index contributed by atoms with van der Waals surface area (Å²) in [5.41, 5.74) is 1.75. The summed E-state index contributed by atoms with van der Waals surface area (Å²) in [4.78, 5) is 25.8. The third-order valence-corrected chi connectivity index (χ3v) is 7.99. The summed E-state index contributed by atoms with van der Waals surface area (Å²) in [5, 5.41) is 5.84. The van der Waals surface area contributed by atoms with Crippen LogP contribution < -0.4 is 5.69 Å². The highest BCUT2D eigenvalue weighted by Crippen LogP contribution is 2.33. The van der Waals surface area contributed by atoms with E-state index in [9.17, 15) is 18.0 Å². The first kappa shape index (κ1) is 24.9. The lowest BCUT2D eigenvalue weighted by Crippen LogP contribution is -2.32. The van der Waals surface area contributed by atoms with Gasteiger partial charge in [0.25, 0.3) is 10.0 Å².